The van der Waals surface area contributed by atoms with Gasteiger partial charge in [0.15, 0.2) is 0 Å². The van der Waals surface area contributed by atoms with Gasteiger partial charge in [0.25, 0.3) is 0 Å². The largest absolute Gasteiger partial charge is 0.0836 e. The Morgan fingerprint density at radius 1 is 0.829 bits per heavy atom. The molecule has 0 amide bonds. The first-order valence-electron chi connectivity index (χ1n) is 14.4. The minimum Gasteiger partial charge on any atom is -0.0836 e. The van der Waals surface area contributed by atoms with Gasteiger partial charge in [0, 0.05) is 5.92 Å². The highest BCUT2D eigenvalue weighted by Gasteiger charge is 2.26. The minimum absolute atomic E-state index is 0.434. The fourth-order valence-corrected chi connectivity index (χ4v) is 6.60. The van der Waals surface area contributed by atoms with Crippen molar-refractivity contribution in [2.75, 3.05) is 0 Å². The van der Waals surface area contributed by atoms with Crippen LogP contribution in [0.25, 0.3) is 0 Å². The summed E-state index contributed by atoms with van der Waals surface area (Å²) in [6, 6.07) is 9.59. The summed E-state index contributed by atoms with van der Waals surface area (Å²) in [6.45, 7) is 4.71. The lowest BCUT2D eigenvalue weighted by Crippen LogP contribution is -2.16. The normalized spacial score (nSPS) is 25.7. The quantitative estimate of drug-likeness (QED) is 0.341. The SMILES string of the molecule is CC(C)CCCC1CCC(Cc2ccc(CC3=CC=C(C4=CCCC=C4)C4C=CC=C34)cc2)CC1. The maximum Gasteiger partial charge on any atom is 0.0281 e. The van der Waals surface area contributed by atoms with Crippen molar-refractivity contribution in [1.29, 1.82) is 0 Å². The van der Waals surface area contributed by atoms with Crippen molar-refractivity contribution >= 4 is 0 Å². The molecule has 0 heteroatoms. The third kappa shape index (κ3) is 6.27. The van der Waals surface area contributed by atoms with Crippen molar-refractivity contribution in [3.05, 3.63) is 106 Å². The fourth-order valence-electron chi connectivity index (χ4n) is 6.60. The van der Waals surface area contributed by atoms with Gasteiger partial charge in [-0.3, -0.25) is 0 Å². The van der Waals surface area contributed by atoms with Crippen LogP contribution in [-0.4, -0.2) is 0 Å². The maximum atomic E-state index is 2.41. The summed E-state index contributed by atoms with van der Waals surface area (Å²) in [5.41, 5.74) is 8.84. The Hall–Kier alpha value is -2.34. The lowest BCUT2D eigenvalue weighted by Gasteiger charge is -2.29. The molecule has 1 aromatic carbocycles. The lowest BCUT2D eigenvalue weighted by molar-refractivity contribution is 0.255. The highest BCUT2D eigenvalue weighted by atomic mass is 14.3. The molecule has 0 nitrogen and oxygen atoms in total. The van der Waals surface area contributed by atoms with Crippen LogP contribution in [0.15, 0.2) is 95.2 Å². The van der Waals surface area contributed by atoms with Gasteiger partial charge in [-0.15, -0.1) is 0 Å². The summed E-state index contributed by atoms with van der Waals surface area (Å²) >= 11 is 0. The second-order valence-corrected chi connectivity index (χ2v) is 11.8. The van der Waals surface area contributed by atoms with Crippen LogP contribution < -0.4 is 0 Å². The average molecular weight is 465 g/mol. The molecule has 4 aliphatic carbocycles. The van der Waals surface area contributed by atoms with Gasteiger partial charge in [-0.2, -0.15) is 0 Å². The van der Waals surface area contributed by atoms with Gasteiger partial charge >= 0.3 is 0 Å². The van der Waals surface area contributed by atoms with E-state index < -0.39 is 0 Å². The van der Waals surface area contributed by atoms with Crippen molar-refractivity contribution in [2.45, 2.75) is 84.5 Å². The van der Waals surface area contributed by atoms with Gasteiger partial charge in [-0.25, -0.2) is 0 Å². The Bertz CT molecular complexity index is 1040. The predicted octanol–water partition coefficient (Wildman–Crippen LogP) is 9.66. The maximum absolute atomic E-state index is 2.41. The first-order valence-corrected chi connectivity index (χ1v) is 14.4. The molecule has 0 aromatic heterocycles. The van der Waals surface area contributed by atoms with Crippen molar-refractivity contribution in [2.24, 2.45) is 23.7 Å². The number of benzene rings is 1. The molecule has 0 radical (unpaired) electrons. The smallest absolute Gasteiger partial charge is 0.0281 e. The summed E-state index contributed by atoms with van der Waals surface area (Å²) in [5, 5.41) is 0. The molecule has 4 aliphatic rings. The van der Waals surface area contributed by atoms with Crippen molar-refractivity contribution in [1.82, 2.24) is 0 Å². The highest BCUT2D eigenvalue weighted by molar-refractivity contribution is 5.60. The van der Waals surface area contributed by atoms with E-state index in [1.165, 1.54) is 97.6 Å². The Labute approximate surface area is 214 Å². The standard InChI is InChI=1S/C35H44/c1-26(2)8-6-9-27-14-16-28(17-15-27)24-29-18-20-30(21-19-29)25-32-22-23-34(31-10-4-3-5-11-31)35-13-7-12-33(32)35/h4,7,10-13,18-23,26-28,35H,3,5-6,8-9,14-17,24-25H2,1-2H3. The van der Waals surface area contributed by atoms with E-state index >= 15 is 0 Å². The van der Waals surface area contributed by atoms with Crippen LogP contribution >= 0.6 is 0 Å². The molecule has 1 fully saturated rings. The molecule has 5 rings (SSSR count). The third-order valence-corrected chi connectivity index (χ3v) is 8.71. The van der Waals surface area contributed by atoms with Gasteiger partial charge in [-0.1, -0.05) is 119 Å². The lowest BCUT2D eigenvalue weighted by atomic mass is 9.77. The van der Waals surface area contributed by atoms with Gasteiger partial charge in [-0.05, 0) is 89.7 Å². The Morgan fingerprint density at radius 2 is 1.60 bits per heavy atom. The molecule has 0 heterocycles. The summed E-state index contributed by atoms with van der Waals surface area (Å²) in [7, 11) is 0. The summed E-state index contributed by atoms with van der Waals surface area (Å²) in [4.78, 5) is 0. The molecule has 35 heavy (non-hydrogen) atoms. The monoisotopic (exact) mass is 464 g/mol. The molecule has 0 saturated heterocycles. The molecule has 0 spiro atoms. The third-order valence-electron chi connectivity index (χ3n) is 8.71. The van der Waals surface area contributed by atoms with E-state index in [4.69, 9.17) is 0 Å². The zero-order chi connectivity index (χ0) is 24.0. The summed E-state index contributed by atoms with van der Waals surface area (Å²) in [6.07, 6.45) is 33.5. The average Bonchev–Trinajstić information content (AvgIpc) is 3.37. The molecular weight excluding hydrogens is 420 g/mol. The molecular formula is C35H44. The van der Waals surface area contributed by atoms with E-state index in [9.17, 15) is 0 Å². The van der Waals surface area contributed by atoms with E-state index in [2.05, 4.69) is 86.7 Å². The van der Waals surface area contributed by atoms with Crippen LogP contribution in [0.5, 0.6) is 0 Å². The summed E-state index contributed by atoms with van der Waals surface area (Å²) < 4.78 is 0. The zero-order valence-electron chi connectivity index (χ0n) is 22.0. The topological polar surface area (TPSA) is 0 Å². The van der Waals surface area contributed by atoms with Crippen molar-refractivity contribution < 1.29 is 0 Å². The second-order valence-electron chi connectivity index (χ2n) is 11.8. The zero-order valence-corrected chi connectivity index (χ0v) is 22.0. The number of rotatable bonds is 9. The van der Waals surface area contributed by atoms with Crippen LogP contribution in [0.3, 0.4) is 0 Å². The first-order chi connectivity index (χ1) is 17.2. The van der Waals surface area contributed by atoms with Crippen molar-refractivity contribution in [3.8, 4) is 0 Å². The van der Waals surface area contributed by atoms with E-state index in [-0.39, 0.29) is 0 Å². The van der Waals surface area contributed by atoms with Crippen LogP contribution in [-0.2, 0) is 12.8 Å². The van der Waals surface area contributed by atoms with Gasteiger partial charge in [0.2, 0.25) is 0 Å². The molecule has 1 aromatic rings. The second kappa shape index (κ2) is 11.6. The summed E-state index contributed by atoms with van der Waals surface area (Å²) in [5.74, 6) is 3.19. The van der Waals surface area contributed by atoms with E-state index in [0.29, 0.717) is 5.92 Å². The van der Waals surface area contributed by atoms with Gasteiger partial charge in [0.05, 0.1) is 0 Å². The van der Waals surface area contributed by atoms with Gasteiger partial charge < -0.3 is 0 Å². The molecule has 0 N–H and O–H groups in total. The Kier molecular flexibility index (Phi) is 8.07. The fraction of sp³-hybridized carbons (Fsp3) is 0.486. The number of allylic oxidation sites excluding steroid dienone is 12. The Morgan fingerprint density at radius 3 is 2.34 bits per heavy atom. The number of hydrogen-bond donors (Lipinski definition) is 0. The van der Waals surface area contributed by atoms with E-state index in [1.54, 1.807) is 0 Å². The number of hydrogen-bond acceptors (Lipinski definition) is 0. The van der Waals surface area contributed by atoms with Gasteiger partial charge in [0.1, 0.15) is 0 Å². The van der Waals surface area contributed by atoms with Crippen LogP contribution in [0, 0.1) is 23.7 Å². The Balaban J connectivity index is 1.15. The predicted molar refractivity (Wildman–Crippen MR) is 151 cm³/mol. The molecule has 1 saturated carbocycles. The number of fused-ring (bicyclic) bond motifs is 1. The molecule has 1 unspecified atom stereocenters. The molecule has 184 valence electrons. The van der Waals surface area contributed by atoms with E-state index in [0.717, 1.165) is 24.2 Å². The van der Waals surface area contributed by atoms with Crippen LogP contribution in [0.1, 0.15) is 82.8 Å². The van der Waals surface area contributed by atoms with Crippen molar-refractivity contribution in [3.63, 3.8) is 0 Å². The first kappa shape index (κ1) is 24.4. The molecule has 1 atom stereocenters. The van der Waals surface area contributed by atoms with E-state index in [1.807, 2.05) is 0 Å². The highest BCUT2D eigenvalue weighted by Crippen LogP contribution is 2.41. The van der Waals surface area contributed by atoms with Crippen LogP contribution in [0.4, 0.5) is 0 Å². The molecule has 0 aliphatic heterocycles. The molecule has 0 bridgehead atoms. The van der Waals surface area contributed by atoms with Crippen LogP contribution in [0.2, 0.25) is 0 Å². The minimum atomic E-state index is 0.434.